The fourth-order valence-electron chi connectivity index (χ4n) is 7.94. The van der Waals surface area contributed by atoms with Crippen molar-refractivity contribution < 1.29 is 44.3 Å². The van der Waals surface area contributed by atoms with E-state index in [0.717, 1.165) is 22.3 Å². The van der Waals surface area contributed by atoms with E-state index < -0.39 is 42.1 Å². The number of aromatic nitrogens is 2. The first-order chi connectivity index (χ1) is 26.9. The number of hydrogen-bond acceptors (Lipinski definition) is 11. The van der Waals surface area contributed by atoms with Crippen molar-refractivity contribution in [2.45, 2.75) is 69.0 Å². The maximum absolute atomic E-state index is 13.5. The van der Waals surface area contributed by atoms with Gasteiger partial charge in [0.25, 0.3) is 5.91 Å². The lowest BCUT2D eigenvalue weighted by Gasteiger charge is -2.21. The van der Waals surface area contributed by atoms with Gasteiger partial charge in [0.05, 0.1) is 29.9 Å². The van der Waals surface area contributed by atoms with Crippen molar-refractivity contribution in [3.05, 3.63) is 98.7 Å². The van der Waals surface area contributed by atoms with Gasteiger partial charge in [0.15, 0.2) is 0 Å². The lowest BCUT2D eigenvalue weighted by molar-refractivity contribution is -0.143. The van der Waals surface area contributed by atoms with E-state index in [2.05, 4.69) is 15.3 Å². The normalized spacial score (nSPS) is 22.2. The molecule has 2 aliphatic heterocycles. The molecule has 56 heavy (non-hydrogen) atoms. The van der Waals surface area contributed by atoms with Crippen LogP contribution in [0.2, 0.25) is 10.0 Å². The van der Waals surface area contributed by atoms with Crippen molar-refractivity contribution in [3.63, 3.8) is 0 Å². The Labute approximate surface area is 332 Å². The van der Waals surface area contributed by atoms with E-state index in [1.165, 1.54) is 7.11 Å². The van der Waals surface area contributed by atoms with Crippen molar-refractivity contribution in [3.8, 4) is 22.9 Å². The van der Waals surface area contributed by atoms with Gasteiger partial charge in [0.2, 0.25) is 11.8 Å². The number of pyridine rings is 2. The van der Waals surface area contributed by atoms with Crippen LogP contribution in [0.15, 0.2) is 60.8 Å². The van der Waals surface area contributed by atoms with Crippen LogP contribution in [-0.2, 0) is 29.0 Å². The maximum Gasteiger partial charge on any atom is 0.321 e. The van der Waals surface area contributed by atoms with E-state index in [1.54, 1.807) is 46.3 Å². The summed E-state index contributed by atoms with van der Waals surface area (Å²) in [5, 5.41) is 42.4. The standard InChI is InChI=1S/C40H41Cl2N5O9/c1-55-37-22(12-13-46-19-23(48)15-31(46)39(51)52)14-30(41)38(45-37)56-33-10-9-26-25(4-2-5-27(26)33)28-6-3-7-29(35(28)42)36(50)44-34-11-8-21(17-43-34)18-47-20-24(49)16-32(47)40(53)54/h2-8,11,14,17,23-24,31-33,48-49H,9-10,12-13,15-16,18-20H2,1H3,(H,51,52)(H,53,54)(H,43,44,50)/t23-,24-,31-,32-,33-/m0/s1. The molecule has 2 aromatic heterocycles. The van der Waals surface area contributed by atoms with Gasteiger partial charge >= 0.3 is 11.9 Å². The molecule has 0 bridgehead atoms. The van der Waals surface area contributed by atoms with Crippen molar-refractivity contribution in [2.24, 2.45) is 0 Å². The van der Waals surface area contributed by atoms with Gasteiger partial charge in [-0.15, -0.1) is 0 Å². The number of aliphatic hydroxyl groups is 2. The summed E-state index contributed by atoms with van der Waals surface area (Å²) in [4.78, 5) is 49.1. The Bertz CT molecular complexity index is 2140. The topological polar surface area (TPSA) is 195 Å². The number of nitrogens with zero attached hydrogens (tertiary/aromatic N) is 4. The Balaban J connectivity index is 1.03. The molecular weight excluding hydrogens is 765 g/mol. The number of carbonyl (C=O) groups excluding carboxylic acids is 1. The molecule has 2 saturated heterocycles. The highest BCUT2D eigenvalue weighted by atomic mass is 35.5. The first-order valence-electron chi connectivity index (χ1n) is 18.3. The lowest BCUT2D eigenvalue weighted by Crippen LogP contribution is -2.37. The average molecular weight is 807 g/mol. The number of aliphatic hydroxyl groups excluding tert-OH is 2. The second-order valence-electron chi connectivity index (χ2n) is 14.3. The van der Waals surface area contributed by atoms with E-state index in [4.69, 9.17) is 32.7 Å². The SMILES string of the molecule is COc1nc(O[C@H]2CCc3c(-c4cccc(C(=O)Nc5ccc(CN6C[C@@H](O)C[C@H]6C(=O)O)cn5)c4Cl)cccc32)c(Cl)cc1CCN1C[C@@H](O)C[C@H]1C(=O)O. The third-order valence-corrected chi connectivity index (χ3v) is 11.3. The van der Waals surface area contributed by atoms with Crippen LogP contribution >= 0.6 is 23.2 Å². The number of hydrogen-bond donors (Lipinski definition) is 5. The number of methoxy groups -OCH3 is 1. The third kappa shape index (κ3) is 8.31. The summed E-state index contributed by atoms with van der Waals surface area (Å²) in [6.45, 7) is 1.20. The van der Waals surface area contributed by atoms with Crippen molar-refractivity contribution in [1.29, 1.82) is 0 Å². The summed E-state index contributed by atoms with van der Waals surface area (Å²) < 4.78 is 12.0. The number of carboxylic acid groups (broad SMARTS) is 2. The summed E-state index contributed by atoms with van der Waals surface area (Å²) in [6, 6.07) is 14.7. The van der Waals surface area contributed by atoms with Crippen LogP contribution in [0.25, 0.3) is 11.1 Å². The smallest absolute Gasteiger partial charge is 0.321 e. The second kappa shape index (κ2) is 16.7. The molecule has 5 N–H and O–H groups in total. The Kier molecular flexibility index (Phi) is 11.8. The summed E-state index contributed by atoms with van der Waals surface area (Å²) in [5.74, 6) is -1.59. The highest BCUT2D eigenvalue weighted by molar-refractivity contribution is 6.37. The van der Waals surface area contributed by atoms with E-state index in [-0.39, 0.29) is 53.5 Å². The van der Waals surface area contributed by atoms with Gasteiger partial charge in [-0.2, -0.15) is 4.98 Å². The number of aliphatic carboxylic acids is 2. The molecule has 2 aromatic carbocycles. The van der Waals surface area contributed by atoms with Gasteiger partial charge in [-0.25, -0.2) is 4.98 Å². The molecule has 1 aliphatic carbocycles. The number of halogens is 2. The van der Waals surface area contributed by atoms with Gasteiger partial charge in [-0.3, -0.25) is 24.2 Å². The third-order valence-electron chi connectivity index (χ3n) is 10.6. The van der Waals surface area contributed by atoms with Crippen LogP contribution in [0.4, 0.5) is 5.82 Å². The predicted octanol–water partition coefficient (Wildman–Crippen LogP) is 4.86. The second-order valence-corrected chi connectivity index (χ2v) is 15.1. The zero-order valence-corrected chi connectivity index (χ0v) is 31.9. The highest BCUT2D eigenvalue weighted by Gasteiger charge is 2.37. The first kappa shape index (κ1) is 39.4. The van der Waals surface area contributed by atoms with Crippen LogP contribution in [0, 0.1) is 0 Å². The van der Waals surface area contributed by atoms with Crippen LogP contribution in [0.1, 0.15) is 58.0 Å². The zero-order chi connectivity index (χ0) is 39.7. The summed E-state index contributed by atoms with van der Waals surface area (Å²) >= 11 is 13.6. The molecule has 7 rings (SSSR count). The molecule has 2 fully saturated rings. The molecule has 0 spiro atoms. The molecule has 4 heterocycles. The fourth-order valence-corrected chi connectivity index (χ4v) is 8.47. The Morgan fingerprint density at radius 3 is 2.30 bits per heavy atom. The number of likely N-dealkylation sites (tertiary alicyclic amines) is 2. The van der Waals surface area contributed by atoms with Gasteiger partial charge in [0, 0.05) is 56.3 Å². The molecule has 16 heteroatoms. The summed E-state index contributed by atoms with van der Waals surface area (Å²) in [6.07, 6.45) is 1.85. The Morgan fingerprint density at radius 1 is 0.911 bits per heavy atom. The minimum atomic E-state index is -0.982. The number of nitrogens with one attached hydrogen (secondary N) is 1. The monoisotopic (exact) mass is 805 g/mol. The highest BCUT2D eigenvalue weighted by Crippen LogP contribution is 2.43. The molecule has 5 atom stereocenters. The maximum atomic E-state index is 13.5. The summed E-state index contributed by atoms with van der Waals surface area (Å²) in [5.41, 5.74) is 5.18. The van der Waals surface area contributed by atoms with Crippen molar-refractivity contribution in [1.82, 2.24) is 19.8 Å². The van der Waals surface area contributed by atoms with Crippen LogP contribution in [0.3, 0.4) is 0 Å². The fraction of sp³-hybridized carbons (Fsp3) is 0.375. The van der Waals surface area contributed by atoms with Gasteiger partial charge < -0.3 is 35.2 Å². The number of rotatable bonds is 13. The number of ether oxygens (including phenoxy) is 2. The van der Waals surface area contributed by atoms with Crippen molar-refractivity contribution in [2.75, 3.05) is 32.1 Å². The van der Waals surface area contributed by atoms with E-state index in [0.29, 0.717) is 55.2 Å². The largest absolute Gasteiger partial charge is 0.481 e. The van der Waals surface area contributed by atoms with E-state index >= 15 is 0 Å². The van der Waals surface area contributed by atoms with E-state index in [9.17, 15) is 34.8 Å². The number of benzene rings is 2. The van der Waals surface area contributed by atoms with E-state index in [1.807, 2.05) is 24.3 Å². The average Bonchev–Trinajstić information content (AvgIpc) is 3.88. The Hall–Kier alpha value is -4.83. The molecule has 3 aliphatic rings. The number of carboxylic acids is 2. The first-order valence-corrected chi connectivity index (χ1v) is 19.0. The molecular formula is C40H41Cl2N5O9. The lowest BCUT2D eigenvalue weighted by atomic mass is 9.95. The minimum Gasteiger partial charge on any atom is -0.481 e. The van der Waals surface area contributed by atoms with Gasteiger partial charge in [-0.1, -0.05) is 59.6 Å². The number of β-amino-alcohol motifs (C(OH)–C–C–N with tert-alkyl or cyclic N) is 2. The molecule has 0 radical (unpaired) electrons. The van der Waals surface area contributed by atoms with Crippen LogP contribution < -0.4 is 14.8 Å². The number of amides is 1. The number of fused-ring (bicyclic) bond motifs is 1. The van der Waals surface area contributed by atoms with Crippen molar-refractivity contribution >= 4 is 46.9 Å². The molecule has 14 nitrogen and oxygen atoms in total. The molecule has 294 valence electrons. The number of anilines is 1. The zero-order valence-electron chi connectivity index (χ0n) is 30.4. The summed E-state index contributed by atoms with van der Waals surface area (Å²) in [7, 11) is 1.49. The Morgan fingerprint density at radius 2 is 1.61 bits per heavy atom. The van der Waals surface area contributed by atoms with Crippen LogP contribution in [0.5, 0.6) is 11.8 Å². The predicted molar refractivity (Wildman–Crippen MR) is 206 cm³/mol. The van der Waals surface area contributed by atoms with Crippen LogP contribution in [-0.4, -0.2) is 109 Å². The quantitative estimate of drug-likeness (QED) is 0.123. The van der Waals surface area contributed by atoms with Gasteiger partial charge in [-0.05, 0) is 59.7 Å². The molecule has 0 unspecified atom stereocenters. The minimum absolute atomic E-state index is 0.169. The van der Waals surface area contributed by atoms with Gasteiger partial charge in [0.1, 0.15) is 29.0 Å². The molecule has 4 aromatic rings. The molecule has 1 amide bonds. The molecule has 0 saturated carbocycles. The number of carbonyl (C=O) groups is 3.